The van der Waals surface area contributed by atoms with Gasteiger partial charge < -0.3 is 19.3 Å². The van der Waals surface area contributed by atoms with E-state index in [2.05, 4.69) is 65.2 Å². The first-order chi connectivity index (χ1) is 16.5. The van der Waals surface area contributed by atoms with E-state index in [0.717, 1.165) is 48.8 Å². The second kappa shape index (κ2) is 11.6. The molecule has 1 N–H and O–H groups in total. The van der Waals surface area contributed by atoms with Crippen molar-refractivity contribution < 1.29 is 14.4 Å². The van der Waals surface area contributed by atoms with Crippen LogP contribution in [0, 0.1) is 5.92 Å². The minimum absolute atomic E-state index is 0.343. The van der Waals surface area contributed by atoms with Crippen LogP contribution in [0.3, 0.4) is 0 Å². The summed E-state index contributed by atoms with van der Waals surface area (Å²) >= 11 is 0. The molecule has 1 unspecified atom stereocenters. The molecule has 0 saturated carbocycles. The number of hydrogen-bond donors (Lipinski definition) is 1. The molecule has 1 atom stereocenters. The Morgan fingerprint density at radius 3 is 2.53 bits per heavy atom. The van der Waals surface area contributed by atoms with Crippen molar-refractivity contribution in [1.82, 2.24) is 10.1 Å². The monoisotopic (exact) mass is 463 g/mol. The second-order valence-corrected chi connectivity index (χ2v) is 9.52. The molecule has 4 rings (SSSR count). The molecule has 0 saturated heterocycles. The number of rotatable bonds is 11. The van der Waals surface area contributed by atoms with Gasteiger partial charge in [-0.1, -0.05) is 73.6 Å². The number of hydrogen-bond acceptors (Lipinski definition) is 6. The summed E-state index contributed by atoms with van der Waals surface area (Å²) in [5.41, 5.74) is 5.74. The van der Waals surface area contributed by atoms with E-state index in [4.69, 9.17) is 9.26 Å². The molecule has 6 heteroatoms. The van der Waals surface area contributed by atoms with E-state index in [-0.39, 0.29) is 0 Å². The Morgan fingerprint density at radius 1 is 1.06 bits per heavy atom. The molecule has 0 aliphatic carbocycles. The number of anilines is 1. The van der Waals surface area contributed by atoms with Crippen molar-refractivity contribution >= 4 is 5.88 Å². The van der Waals surface area contributed by atoms with Crippen LogP contribution in [-0.2, 0) is 24.2 Å². The van der Waals surface area contributed by atoms with E-state index < -0.39 is 6.10 Å². The quantitative estimate of drug-likeness (QED) is 0.442. The number of fused-ring (bicyclic) bond motifs is 1. The van der Waals surface area contributed by atoms with Crippen LogP contribution in [0.1, 0.15) is 37.5 Å². The average Bonchev–Trinajstić information content (AvgIpc) is 3.26. The molecule has 0 spiro atoms. The van der Waals surface area contributed by atoms with Crippen LogP contribution in [0.4, 0.5) is 5.88 Å². The molecule has 1 aliphatic rings. The van der Waals surface area contributed by atoms with Crippen molar-refractivity contribution in [3.8, 4) is 11.3 Å². The molecule has 3 aromatic rings. The van der Waals surface area contributed by atoms with Crippen molar-refractivity contribution in [2.24, 2.45) is 5.92 Å². The standard InChI is InChI=1S/C28H37N3O3/c1-4-33-20-25(32)18-30(16-21(2)3)19-26-27(23-11-6-5-7-12-23)29-34-28(26)31-15-14-22-10-8-9-13-24(22)17-31/h5-13,21,25,32H,4,14-20H2,1-3H3. The van der Waals surface area contributed by atoms with Gasteiger partial charge in [0.1, 0.15) is 5.69 Å². The highest BCUT2D eigenvalue weighted by Crippen LogP contribution is 2.35. The molecule has 2 aromatic carbocycles. The lowest BCUT2D eigenvalue weighted by molar-refractivity contribution is 0.0175. The molecule has 1 aromatic heterocycles. The Hall–Kier alpha value is -2.67. The number of aliphatic hydroxyl groups is 1. The zero-order chi connectivity index (χ0) is 23.9. The molecule has 34 heavy (non-hydrogen) atoms. The molecule has 182 valence electrons. The van der Waals surface area contributed by atoms with Gasteiger partial charge in [0, 0.05) is 44.9 Å². The van der Waals surface area contributed by atoms with E-state index >= 15 is 0 Å². The van der Waals surface area contributed by atoms with E-state index in [9.17, 15) is 5.11 Å². The third-order valence-electron chi connectivity index (χ3n) is 6.22. The van der Waals surface area contributed by atoms with Gasteiger partial charge in [0.2, 0.25) is 5.88 Å². The third kappa shape index (κ3) is 6.06. The van der Waals surface area contributed by atoms with Crippen LogP contribution in [0.15, 0.2) is 59.1 Å². The maximum Gasteiger partial charge on any atom is 0.232 e. The molecule has 2 heterocycles. The highest BCUT2D eigenvalue weighted by atomic mass is 16.5. The Morgan fingerprint density at radius 2 is 1.79 bits per heavy atom. The van der Waals surface area contributed by atoms with Gasteiger partial charge in [-0.2, -0.15) is 0 Å². The van der Waals surface area contributed by atoms with Crippen molar-refractivity contribution in [2.75, 3.05) is 37.7 Å². The summed E-state index contributed by atoms with van der Waals surface area (Å²) in [4.78, 5) is 4.61. The lowest BCUT2D eigenvalue weighted by atomic mass is 9.99. The topological polar surface area (TPSA) is 62.0 Å². The number of aromatic nitrogens is 1. The molecule has 0 fully saturated rings. The SMILES string of the molecule is CCOCC(O)CN(Cc1c(-c2ccccc2)noc1N1CCc2ccccc2C1)CC(C)C. The van der Waals surface area contributed by atoms with Gasteiger partial charge in [-0.05, 0) is 30.4 Å². The Kier molecular flexibility index (Phi) is 8.38. The summed E-state index contributed by atoms with van der Waals surface area (Å²) < 4.78 is 11.5. The minimum atomic E-state index is -0.538. The van der Waals surface area contributed by atoms with E-state index in [1.54, 1.807) is 0 Å². The van der Waals surface area contributed by atoms with E-state index in [1.165, 1.54) is 11.1 Å². The predicted octanol–water partition coefficient (Wildman–Crippen LogP) is 4.76. The first-order valence-corrected chi connectivity index (χ1v) is 12.4. The van der Waals surface area contributed by atoms with Gasteiger partial charge in [-0.15, -0.1) is 0 Å². The van der Waals surface area contributed by atoms with E-state index in [1.807, 2.05) is 25.1 Å². The Labute approximate surface area is 203 Å². The smallest absolute Gasteiger partial charge is 0.232 e. The number of nitrogens with zero attached hydrogens (tertiary/aromatic N) is 3. The summed E-state index contributed by atoms with van der Waals surface area (Å²) in [6.07, 6.45) is 0.448. The number of aliphatic hydroxyl groups excluding tert-OH is 1. The fourth-order valence-electron chi connectivity index (χ4n) is 4.73. The van der Waals surface area contributed by atoms with Crippen LogP contribution in [0.25, 0.3) is 11.3 Å². The molecule has 0 amide bonds. The minimum Gasteiger partial charge on any atom is -0.389 e. The molecule has 0 radical (unpaired) electrons. The van der Waals surface area contributed by atoms with Crippen LogP contribution in [0.5, 0.6) is 0 Å². The van der Waals surface area contributed by atoms with Crippen molar-refractivity contribution in [3.63, 3.8) is 0 Å². The fraction of sp³-hybridized carbons (Fsp3) is 0.464. The van der Waals surface area contributed by atoms with Gasteiger partial charge in [-0.3, -0.25) is 4.90 Å². The summed E-state index contributed by atoms with van der Waals surface area (Å²) in [7, 11) is 0. The molecule has 6 nitrogen and oxygen atoms in total. The second-order valence-electron chi connectivity index (χ2n) is 9.52. The Bertz CT molecular complexity index is 1030. The third-order valence-corrected chi connectivity index (χ3v) is 6.22. The van der Waals surface area contributed by atoms with Gasteiger partial charge >= 0.3 is 0 Å². The zero-order valence-corrected chi connectivity index (χ0v) is 20.6. The lowest BCUT2D eigenvalue weighted by Crippen LogP contribution is -2.37. The first kappa shape index (κ1) is 24.5. The average molecular weight is 464 g/mol. The number of ether oxygens (including phenoxy) is 1. The van der Waals surface area contributed by atoms with Gasteiger partial charge in [0.25, 0.3) is 0 Å². The largest absolute Gasteiger partial charge is 0.389 e. The van der Waals surface area contributed by atoms with Crippen LogP contribution in [0.2, 0.25) is 0 Å². The normalized spacial score (nSPS) is 14.6. The maximum absolute atomic E-state index is 10.6. The van der Waals surface area contributed by atoms with Gasteiger partial charge in [0.05, 0.1) is 18.3 Å². The van der Waals surface area contributed by atoms with Gasteiger partial charge in [0.15, 0.2) is 0 Å². The summed E-state index contributed by atoms with van der Waals surface area (Å²) in [5.74, 6) is 1.30. The predicted molar refractivity (Wildman–Crippen MR) is 136 cm³/mol. The number of benzene rings is 2. The zero-order valence-electron chi connectivity index (χ0n) is 20.6. The molecule has 0 bridgehead atoms. The molecular weight excluding hydrogens is 426 g/mol. The highest BCUT2D eigenvalue weighted by Gasteiger charge is 2.27. The summed E-state index contributed by atoms with van der Waals surface area (Å²) in [6, 6.07) is 18.9. The maximum atomic E-state index is 10.6. The first-order valence-electron chi connectivity index (χ1n) is 12.4. The van der Waals surface area contributed by atoms with Crippen molar-refractivity contribution in [3.05, 3.63) is 71.3 Å². The van der Waals surface area contributed by atoms with Crippen LogP contribution < -0.4 is 4.90 Å². The summed E-state index contributed by atoms with van der Waals surface area (Å²) in [6.45, 7) is 11.1. The highest BCUT2D eigenvalue weighted by molar-refractivity contribution is 5.68. The van der Waals surface area contributed by atoms with E-state index in [0.29, 0.717) is 32.2 Å². The van der Waals surface area contributed by atoms with Crippen molar-refractivity contribution in [2.45, 2.75) is 46.4 Å². The fourth-order valence-corrected chi connectivity index (χ4v) is 4.73. The molecular formula is C28H37N3O3. The molecule has 1 aliphatic heterocycles. The Balaban J connectivity index is 1.65. The lowest BCUT2D eigenvalue weighted by Gasteiger charge is -2.31. The van der Waals surface area contributed by atoms with Gasteiger partial charge in [-0.25, -0.2) is 0 Å². The van der Waals surface area contributed by atoms with Crippen LogP contribution in [-0.4, -0.2) is 54.1 Å². The summed E-state index contributed by atoms with van der Waals surface area (Å²) in [5, 5.41) is 15.1. The van der Waals surface area contributed by atoms with Crippen molar-refractivity contribution in [1.29, 1.82) is 0 Å². The van der Waals surface area contributed by atoms with Crippen LogP contribution >= 0.6 is 0 Å².